The molecule has 1 unspecified atom stereocenters. The minimum atomic E-state index is -0.150. The Kier molecular flexibility index (Phi) is 7.16. The zero-order valence-corrected chi connectivity index (χ0v) is 12.7. The maximum Gasteiger partial charge on any atom is 0.129 e. The monoisotopic (exact) mass is 319 g/mol. The number of halogens is 2. The van der Waals surface area contributed by atoms with E-state index >= 15 is 0 Å². The molecule has 17 heavy (non-hydrogen) atoms. The summed E-state index contributed by atoms with van der Waals surface area (Å²) in [5, 5.41) is 3.35. The zero-order valence-electron chi connectivity index (χ0n) is 10.3. The number of thioether (sulfide) groups is 1. The predicted octanol–water partition coefficient (Wildman–Crippen LogP) is 4.38. The number of nitrogens with one attached hydrogen (secondary N) is 1. The minimum Gasteiger partial charge on any atom is -0.310 e. The summed E-state index contributed by atoms with van der Waals surface area (Å²) in [6.07, 6.45) is 4.47. The van der Waals surface area contributed by atoms with Gasteiger partial charge in [-0.2, -0.15) is 11.8 Å². The van der Waals surface area contributed by atoms with E-state index in [-0.39, 0.29) is 11.9 Å². The van der Waals surface area contributed by atoms with Crippen LogP contribution in [0.2, 0.25) is 0 Å². The third kappa shape index (κ3) is 5.40. The van der Waals surface area contributed by atoms with Crippen molar-refractivity contribution < 1.29 is 4.39 Å². The summed E-state index contributed by atoms with van der Waals surface area (Å²) in [6, 6.07) is 5.29. The van der Waals surface area contributed by atoms with E-state index in [1.54, 1.807) is 0 Å². The van der Waals surface area contributed by atoms with Gasteiger partial charge in [0, 0.05) is 16.1 Å². The van der Waals surface area contributed by atoms with E-state index in [2.05, 4.69) is 27.5 Å². The van der Waals surface area contributed by atoms with Gasteiger partial charge in [0.05, 0.1) is 0 Å². The summed E-state index contributed by atoms with van der Waals surface area (Å²) in [5.41, 5.74) is 0.734. The average Bonchev–Trinajstić information content (AvgIpc) is 2.28. The summed E-state index contributed by atoms with van der Waals surface area (Å²) < 4.78 is 14.4. The van der Waals surface area contributed by atoms with Crippen molar-refractivity contribution in [3.63, 3.8) is 0 Å². The van der Waals surface area contributed by atoms with Gasteiger partial charge in [0.25, 0.3) is 0 Å². The summed E-state index contributed by atoms with van der Waals surface area (Å²) in [7, 11) is 0. The summed E-state index contributed by atoms with van der Waals surface area (Å²) >= 11 is 5.13. The van der Waals surface area contributed by atoms with Crippen LogP contribution >= 0.6 is 27.7 Å². The Hall–Kier alpha value is -0.0600. The molecule has 0 aliphatic heterocycles. The lowest BCUT2D eigenvalue weighted by Crippen LogP contribution is -2.20. The van der Waals surface area contributed by atoms with Crippen LogP contribution in [-0.2, 0) is 0 Å². The van der Waals surface area contributed by atoms with Crippen molar-refractivity contribution in [3.05, 3.63) is 34.1 Å². The van der Waals surface area contributed by atoms with Crippen molar-refractivity contribution in [2.45, 2.75) is 25.8 Å². The molecule has 0 aliphatic carbocycles. The van der Waals surface area contributed by atoms with E-state index in [1.807, 2.05) is 30.8 Å². The van der Waals surface area contributed by atoms with Gasteiger partial charge in [-0.15, -0.1) is 0 Å². The molecule has 1 N–H and O–H groups in total. The highest BCUT2D eigenvalue weighted by Gasteiger charge is 2.09. The van der Waals surface area contributed by atoms with Crippen LogP contribution < -0.4 is 5.32 Å². The first-order chi connectivity index (χ1) is 8.15. The molecular formula is C13H19BrFNS. The Labute approximate surface area is 116 Å². The number of unbranched alkanes of at least 4 members (excludes halogenated alkanes) is 1. The second-order valence-electron chi connectivity index (χ2n) is 4.04. The summed E-state index contributed by atoms with van der Waals surface area (Å²) in [6.45, 7) is 2.94. The van der Waals surface area contributed by atoms with E-state index in [0.717, 1.165) is 23.0 Å². The summed E-state index contributed by atoms with van der Waals surface area (Å²) in [4.78, 5) is 0. The van der Waals surface area contributed by atoms with Gasteiger partial charge in [-0.3, -0.25) is 0 Å². The van der Waals surface area contributed by atoms with Gasteiger partial charge >= 0.3 is 0 Å². The first-order valence-electron chi connectivity index (χ1n) is 5.82. The van der Waals surface area contributed by atoms with Gasteiger partial charge in [0.15, 0.2) is 0 Å². The van der Waals surface area contributed by atoms with Gasteiger partial charge in [-0.05, 0) is 50.5 Å². The van der Waals surface area contributed by atoms with Crippen molar-refractivity contribution >= 4 is 27.7 Å². The second-order valence-corrected chi connectivity index (χ2v) is 5.94. The highest BCUT2D eigenvalue weighted by molar-refractivity contribution is 9.10. The lowest BCUT2D eigenvalue weighted by molar-refractivity contribution is 0.519. The number of hydrogen-bond donors (Lipinski definition) is 1. The minimum absolute atomic E-state index is 0.0670. The first kappa shape index (κ1) is 15.0. The van der Waals surface area contributed by atoms with Crippen molar-refractivity contribution in [3.8, 4) is 0 Å². The molecule has 1 aromatic carbocycles. The van der Waals surface area contributed by atoms with Crippen molar-refractivity contribution in [1.29, 1.82) is 0 Å². The highest BCUT2D eigenvalue weighted by Crippen LogP contribution is 2.20. The second kappa shape index (κ2) is 8.11. The number of hydrogen-bond acceptors (Lipinski definition) is 2. The fourth-order valence-corrected chi connectivity index (χ4v) is 2.48. The van der Waals surface area contributed by atoms with Crippen LogP contribution in [0.4, 0.5) is 4.39 Å². The normalized spacial score (nSPS) is 12.7. The molecule has 1 atom stereocenters. The maximum atomic E-state index is 13.7. The molecule has 0 bridgehead atoms. The van der Waals surface area contributed by atoms with E-state index in [0.29, 0.717) is 0 Å². The lowest BCUT2D eigenvalue weighted by atomic mass is 10.1. The first-order valence-corrected chi connectivity index (χ1v) is 8.01. The third-order valence-electron chi connectivity index (χ3n) is 2.65. The molecule has 1 aromatic rings. The van der Waals surface area contributed by atoms with Gasteiger partial charge in [-0.1, -0.05) is 22.0 Å². The Morgan fingerprint density at radius 3 is 2.82 bits per heavy atom. The van der Waals surface area contributed by atoms with Crippen LogP contribution in [0.3, 0.4) is 0 Å². The largest absolute Gasteiger partial charge is 0.310 e. The number of benzene rings is 1. The van der Waals surface area contributed by atoms with E-state index in [9.17, 15) is 4.39 Å². The molecule has 0 saturated heterocycles. The quantitative estimate of drug-likeness (QED) is 0.748. The van der Waals surface area contributed by atoms with Crippen LogP contribution in [-0.4, -0.2) is 18.6 Å². The summed E-state index contributed by atoms with van der Waals surface area (Å²) in [5.74, 6) is 1.05. The van der Waals surface area contributed by atoms with Crippen LogP contribution in [0, 0.1) is 5.82 Å². The van der Waals surface area contributed by atoms with Crippen molar-refractivity contribution in [2.75, 3.05) is 18.6 Å². The zero-order chi connectivity index (χ0) is 12.7. The van der Waals surface area contributed by atoms with E-state index in [4.69, 9.17) is 0 Å². The molecule has 0 spiro atoms. The Bertz CT molecular complexity index is 346. The molecule has 1 nitrogen and oxygen atoms in total. The van der Waals surface area contributed by atoms with E-state index in [1.165, 1.54) is 18.2 Å². The smallest absolute Gasteiger partial charge is 0.129 e. The molecule has 0 aliphatic rings. The highest BCUT2D eigenvalue weighted by atomic mass is 79.9. The molecule has 96 valence electrons. The fourth-order valence-electron chi connectivity index (χ4n) is 1.65. The molecule has 0 saturated carbocycles. The fraction of sp³-hybridized carbons (Fsp3) is 0.538. The Balaban J connectivity index is 2.38. The number of rotatable bonds is 7. The Morgan fingerprint density at radius 1 is 1.41 bits per heavy atom. The van der Waals surface area contributed by atoms with Crippen LogP contribution in [0.25, 0.3) is 0 Å². The average molecular weight is 320 g/mol. The van der Waals surface area contributed by atoms with Gasteiger partial charge in [0.1, 0.15) is 5.82 Å². The van der Waals surface area contributed by atoms with Crippen LogP contribution in [0.5, 0.6) is 0 Å². The Morgan fingerprint density at radius 2 is 2.18 bits per heavy atom. The molecule has 4 heteroatoms. The van der Waals surface area contributed by atoms with Crippen molar-refractivity contribution in [2.24, 2.45) is 0 Å². The molecular weight excluding hydrogens is 301 g/mol. The molecule has 0 radical (unpaired) electrons. The SMILES string of the molecule is CSCCCCNC(C)c1ccc(Br)cc1F. The van der Waals surface area contributed by atoms with Gasteiger partial charge in [-0.25, -0.2) is 4.39 Å². The topological polar surface area (TPSA) is 12.0 Å². The van der Waals surface area contributed by atoms with Crippen LogP contribution in [0.1, 0.15) is 31.4 Å². The molecule has 0 heterocycles. The van der Waals surface area contributed by atoms with Gasteiger partial charge < -0.3 is 5.32 Å². The lowest BCUT2D eigenvalue weighted by Gasteiger charge is -2.15. The molecule has 0 aromatic heterocycles. The standard InChI is InChI=1S/C13H19BrFNS/c1-10(16-7-3-4-8-17-2)12-6-5-11(14)9-13(12)15/h5-6,9-10,16H,3-4,7-8H2,1-2H3. The molecule has 0 amide bonds. The van der Waals surface area contributed by atoms with E-state index < -0.39 is 0 Å². The van der Waals surface area contributed by atoms with Gasteiger partial charge in [0.2, 0.25) is 0 Å². The third-order valence-corrected chi connectivity index (χ3v) is 3.84. The maximum absolute atomic E-state index is 13.7. The predicted molar refractivity (Wildman–Crippen MR) is 78.1 cm³/mol. The van der Waals surface area contributed by atoms with Crippen LogP contribution in [0.15, 0.2) is 22.7 Å². The molecule has 1 rings (SSSR count). The van der Waals surface area contributed by atoms with Crippen molar-refractivity contribution in [1.82, 2.24) is 5.32 Å². The molecule has 0 fully saturated rings.